The van der Waals surface area contributed by atoms with Gasteiger partial charge in [-0.3, -0.25) is 4.79 Å². The van der Waals surface area contributed by atoms with Crippen molar-refractivity contribution in [2.24, 2.45) is 5.92 Å². The van der Waals surface area contributed by atoms with Crippen LogP contribution in [-0.4, -0.2) is 56.4 Å². The summed E-state index contributed by atoms with van der Waals surface area (Å²) in [6.45, 7) is 3.64. The molecule has 6 rings (SSSR count). The first-order chi connectivity index (χ1) is 14.2. The SMILES string of the molecule is Cc1cnn2c(N3CCC4(CC3)O[C@@H]3CC[C@@H](C5CCCC5)N3C4=O)ccnc12. The third-order valence-electron chi connectivity index (χ3n) is 7.76. The molecule has 1 spiro atoms. The minimum absolute atomic E-state index is 0.0149. The Morgan fingerprint density at radius 3 is 2.72 bits per heavy atom. The molecular formula is C22H29N5O2. The average molecular weight is 396 g/mol. The third-order valence-corrected chi connectivity index (χ3v) is 7.76. The molecule has 3 saturated heterocycles. The molecule has 0 aromatic carbocycles. The molecule has 7 heteroatoms. The van der Waals surface area contributed by atoms with E-state index in [4.69, 9.17) is 4.74 Å². The molecule has 4 aliphatic rings. The number of piperidine rings is 1. The summed E-state index contributed by atoms with van der Waals surface area (Å²) in [5.41, 5.74) is 1.37. The molecule has 5 heterocycles. The second kappa shape index (κ2) is 6.42. The summed E-state index contributed by atoms with van der Waals surface area (Å²) >= 11 is 0. The predicted molar refractivity (Wildman–Crippen MR) is 109 cm³/mol. The molecule has 0 N–H and O–H groups in total. The van der Waals surface area contributed by atoms with Gasteiger partial charge in [-0.25, -0.2) is 4.98 Å². The molecule has 0 radical (unpaired) electrons. The zero-order valence-corrected chi connectivity index (χ0v) is 17.1. The summed E-state index contributed by atoms with van der Waals surface area (Å²) in [4.78, 5) is 22.5. The lowest BCUT2D eigenvalue weighted by Gasteiger charge is -2.38. The number of carbonyl (C=O) groups excluding carboxylic acids is 1. The molecule has 2 aromatic rings. The number of carbonyl (C=O) groups is 1. The molecule has 0 unspecified atom stereocenters. The lowest BCUT2D eigenvalue weighted by molar-refractivity contribution is -0.140. The highest BCUT2D eigenvalue weighted by molar-refractivity contribution is 5.88. The van der Waals surface area contributed by atoms with E-state index >= 15 is 0 Å². The molecule has 2 aromatic heterocycles. The zero-order chi connectivity index (χ0) is 19.6. The Morgan fingerprint density at radius 2 is 1.93 bits per heavy atom. The van der Waals surface area contributed by atoms with Crippen LogP contribution in [-0.2, 0) is 9.53 Å². The van der Waals surface area contributed by atoms with Crippen molar-refractivity contribution in [2.45, 2.75) is 76.2 Å². The van der Waals surface area contributed by atoms with Crippen LogP contribution in [0.15, 0.2) is 18.5 Å². The minimum atomic E-state index is -0.607. The minimum Gasteiger partial charge on any atom is -0.356 e. The molecule has 29 heavy (non-hydrogen) atoms. The van der Waals surface area contributed by atoms with Crippen LogP contribution in [0.2, 0.25) is 0 Å². The smallest absolute Gasteiger partial charge is 0.257 e. The van der Waals surface area contributed by atoms with Gasteiger partial charge in [-0.2, -0.15) is 9.61 Å². The van der Waals surface area contributed by atoms with E-state index in [0.29, 0.717) is 12.0 Å². The number of amides is 1. The molecule has 1 saturated carbocycles. The maximum atomic E-state index is 13.5. The van der Waals surface area contributed by atoms with Crippen molar-refractivity contribution in [3.8, 4) is 0 Å². The molecule has 3 aliphatic heterocycles. The number of anilines is 1. The summed E-state index contributed by atoms with van der Waals surface area (Å²) < 4.78 is 8.42. The average Bonchev–Trinajstić information content (AvgIpc) is 3.51. The molecule has 2 atom stereocenters. The predicted octanol–water partition coefficient (Wildman–Crippen LogP) is 2.91. The number of hydrogen-bond donors (Lipinski definition) is 0. The number of aryl methyl sites for hydroxylation is 1. The van der Waals surface area contributed by atoms with E-state index < -0.39 is 5.60 Å². The van der Waals surface area contributed by atoms with Gasteiger partial charge >= 0.3 is 0 Å². The molecule has 1 amide bonds. The van der Waals surface area contributed by atoms with E-state index in [9.17, 15) is 4.79 Å². The molecule has 7 nitrogen and oxygen atoms in total. The lowest BCUT2D eigenvalue weighted by Crippen LogP contribution is -2.52. The molecule has 0 bridgehead atoms. The van der Waals surface area contributed by atoms with Crippen molar-refractivity contribution in [2.75, 3.05) is 18.0 Å². The first-order valence-corrected chi connectivity index (χ1v) is 11.2. The van der Waals surface area contributed by atoms with Crippen LogP contribution in [0.1, 0.15) is 56.9 Å². The van der Waals surface area contributed by atoms with Gasteiger partial charge in [0.1, 0.15) is 12.0 Å². The fourth-order valence-electron chi connectivity index (χ4n) is 6.21. The van der Waals surface area contributed by atoms with Gasteiger partial charge in [-0.05, 0) is 44.6 Å². The van der Waals surface area contributed by atoms with Crippen LogP contribution >= 0.6 is 0 Å². The van der Waals surface area contributed by atoms with Crippen LogP contribution in [0.25, 0.3) is 5.65 Å². The van der Waals surface area contributed by atoms with E-state index in [1.807, 2.05) is 29.9 Å². The Hall–Kier alpha value is -2.15. The summed E-state index contributed by atoms with van der Waals surface area (Å²) in [5.74, 6) is 2.01. The zero-order valence-electron chi connectivity index (χ0n) is 17.1. The van der Waals surface area contributed by atoms with E-state index in [-0.39, 0.29) is 12.1 Å². The normalized spacial score (nSPS) is 29.5. The van der Waals surface area contributed by atoms with Gasteiger partial charge in [-0.1, -0.05) is 12.8 Å². The third kappa shape index (κ3) is 2.56. The quantitative estimate of drug-likeness (QED) is 0.782. The van der Waals surface area contributed by atoms with Crippen LogP contribution in [0.3, 0.4) is 0 Å². The summed E-state index contributed by atoms with van der Waals surface area (Å²) in [7, 11) is 0. The van der Waals surface area contributed by atoms with Crippen LogP contribution in [0.5, 0.6) is 0 Å². The standard InChI is InChI=1S/C22H29N5O2/c1-15-14-24-27-18(8-11-23-20(15)27)25-12-9-22(10-13-25)21(28)26-17(6-7-19(26)29-22)16-4-2-3-5-16/h8,11,14,16-17,19H,2-7,9-10,12-13H2,1H3/t17-,19+/m0/s1. The number of ether oxygens (including phenoxy) is 1. The Bertz CT molecular complexity index is 942. The van der Waals surface area contributed by atoms with Crippen LogP contribution in [0.4, 0.5) is 5.82 Å². The second-order valence-corrected chi connectivity index (χ2v) is 9.32. The molecule has 4 fully saturated rings. The summed E-state index contributed by atoms with van der Waals surface area (Å²) in [6, 6.07) is 2.43. The van der Waals surface area contributed by atoms with Crippen molar-refractivity contribution in [1.29, 1.82) is 0 Å². The first-order valence-electron chi connectivity index (χ1n) is 11.2. The number of fused-ring (bicyclic) bond motifs is 2. The van der Waals surface area contributed by atoms with Gasteiger partial charge in [0.2, 0.25) is 0 Å². The topological polar surface area (TPSA) is 63.0 Å². The Labute approximate surface area is 171 Å². The number of aromatic nitrogens is 3. The van der Waals surface area contributed by atoms with Gasteiger partial charge in [-0.15, -0.1) is 0 Å². The van der Waals surface area contributed by atoms with Gasteiger partial charge < -0.3 is 14.5 Å². The second-order valence-electron chi connectivity index (χ2n) is 9.32. The Morgan fingerprint density at radius 1 is 1.14 bits per heavy atom. The number of rotatable bonds is 2. The fraction of sp³-hybridized carbons (Fsp3) is 0.682. The number of hydrogen-bond acceptors (Lipinski definition) is 5. The summed E-state index contributed by atoms with van der Waals surface area (Å²) in [5, 5.41) is 4.50. The first kappa shape index (κ1) is 17.7. The molecule has 1 aliphatic carbocycles. The largest absolute Gasteiger partial charge is 0.356 e. The van der Waals surface area contributed by atoms with E-state index in [1.54, 1.807) is 0 Å². The van der Waals surface area contributed by atoms with Gasteiger partial charge in [0.25, 0.3) is 5.91 Å². The number of nitrogens with zero attached hydrogens (tertiary/aromatic N) is 5. The van der Waals surface area contributed by atoms with Crippen molar-refractivity contribution in [3.63, 3.8) is 0 Å². The Balaban J connectivity index is 1.21. The van der Waals surface area contributed by atoms with Crippen molar-refractivity contribution >= 4 is 17.4 Å². The van der Waals surface area contributed by atoms with Crippen LogP contribution in [0, 0.1) is 12.8 Å². The van der Waals surface area contributed by atoms with Gasteiger partial charge in [0, 0.05) is 43.7 Å². The Kier molecular flexibility index (Phi) is 3.92. The van der Waals surface area contributed by atoms with Gasteiger partial charge in [0.15, 0.2) is 11.2 Å². The van der Waals surface area contributed by atoms with E-state index in [1.165, 1.54) is 25.7 Å². The van der Waals surface area contributed by atoms with E-state index in [2.05, 4.69) is 19.9 Å². The highest BCUT2D eigenvalue weighted by atomic mass is 16.6. The lowest BCUT2D eigenvalue weighted by atomic mass is 9.88. The highest BCUT2D eigenvalue weighted by Crippen LogP contribution is 2.47. The van der Waals surface area contributed by atoms with E-state index in [0.717, 1.165) is 55.8 Å². The van der Waals surface area contributed by atoms with Crippen molar-refractivity contribution < 1.29 is 9.53 Å². The van der Waals surface area contributed by atoms with Crippen molar-refractivity contribution in [3.05, 3.63) is 24.0 Å². The fourth-order valence-corrected chi connectivity index (χ4v) is 6.21. The monoisotopic (exact) mass is 395 g/mol. The summed E-state index contributed by atoms with van der Waals surface area (Å²) in [6.07, 6.45) is 12.6. The highest BCUT2D eigenvalue weighted by Gasteiger charge is 2.58. The molecule has 154 valence electrons. The molecular weight excluding hydrogens is 366 g/mol. The maximum Gasteiger partial charge on any atom is 0.257 e. The van der Waals surface area contributed by atoms with Crippen molar-refractivity contribution in [1.82, 2.24) is 19.5 Å². The van der Waals surface area contributed by atoms with Crippen LogP contribution < -0.4 is 4.90 Å². The van der Waals surface area contributed by atoms with Gasteiger partial charge in [0.05, 0.1) is 6.20 Å². The maximum absolute atomic E-state index is 13.5.